The summed E-state index contributed by atoms with van der Waals surface area (Å²) in [5, 5.41) is 12.5. The van der Waals surface area contributed by atoms with Crippen LogP contribution in [0, 0.1) is 25.7 Å². The van der Waals surface area contributed by atoms with Crippen molar-refractivity contribution in [1.82, 2.24) is 5.32 Å². The van der Waals surface area contributed by atoms with Crippen LogP contribution in [-0.2, 0) is 11.3 Å². The zero-order valence-electron chi connectivity index (χ0n) is 12.5. The van der Waals surface area contributed by atoms with E-state index in [0.29, 0.717) is 5.92 Å². The predicted molar refractivity (Wildman–Crippen MR) is 80.7 cm³/mol. The van der Waals surface area contributed by atoms with Gasteiger partial charge in [0.15, 0.2) is 0 Å². The predicted octanol–water partition coefficient (Wildman–Crippen LogP) is 3.28. The Bertz CT molecular complexity index is 462. The van der Waals surface area contributed by atoms with E-state index >= 15 is 0 Å². The molecule has 2 rings (SSSR count). The second-order valence-corrected chi connectivity index (χ2v) is 6.12. The zero-order chi connectivity index (χ0) is 14.5. The van der Waals surface area contributed by atoms with Gasteiger partial charge >= 0.3 is 5.97 Å². The van der Waals surface area contributed by atoms with Crippen molar-refractivity contribution in [3.05, 3.63) is 34.9 Å². The highest BCUT2D eigenvalue weighted by Crippen LogP contribution is 2.28. The van der Waals surface area contributed by atoms with Crippen LogP contribution < -0.4 is 5.32 Å². The Kier molecular flexibility index (Phi) is 5.18. The molecule has 1 aliphatic carbocycles. The molecule has 0 unspecified atom stereocenters. The van der Waals surface area contributed by atoms with Crippen molar-refractivity contribution >= 4 is 5.97 Å². The van der Waals surface area contributed by atoms with E-state index in [-0.39, 0.29) is 5.92 Å². The minimum atomic E-state index is -0.619. The Labute approximate surface area is 121 Å². The molecule has 1 saturated carbocycles. The van der Waals surface area contributed by atoms with Crippen LogP contribution in [0.5, 0.6) is 0 Å². The summed E-state index contributed by atoms with van der Waals surface area (Å²) in [6, 6.07) is 6.56. The van der Waals surface area contributed by atoms with E-state index in [1.807, 2.05) is 0 Å². The van der Waals surface area contributed by atoms with E-state index in [4.69, 9.17) is 5.11 Å². The van der Waals surface area contributed by atoms with Gasteiger partial charge < -0.3 is 10.4 Å². The molecule has 0 radical (unpaired) electrons. The number of nitrogens with one attached hydrogen (secondary N) is 1. The Morgan fingerprint density at radius 2 is 1.95 bits per heavy atom. The molecule has 1 aromatic carbocycles. The number of carboxylic acids is 1. The molecule has 0 aliphatic heterocycles. The maximum absolute atomic E-state index is 10.9. The first kappa shape index (κ1) is 15.0. The average molecular weight is 275 g/mol. The molecule has 1 fully saturated rings. The number of hydrogen-bond acceptors (Lipinski definition) is 2. The monoisotopic (exact) mass is 275 g/mol. The standard InChI is InChI=1S/C17H25NO2/c1-12-3-4-13(2)16(9-12)11-18-10-14-5-7-15(8-6-14)17(19)20/h3-4,9,14-15,18H,5-8,10-11H2,1-2H3,(H,19,20). The van der Waals surface area contributed by atoms with Gasteiger partial charge in [-0.3, -0.25) is 4.79 Å². The zero-order valence-corrected chi connectivity index (χ0v) is 12.5. The lowest BCUT2D eigenvalue weighted by Crippen LogP contribution is -2.28. The summed E-state index contributed by atoms with van der Waals surface area (Å²) in [5.74, 6) is -0.0900. The molecule has 0 bridgehead atoms. The Morgan fingerprint density at radius 3 is 2.60 bits per heavy atom. The number of aliphatic carboxylic acids is 1. The molecule has 2 N–H and O–H groups in total. The third-order valence-electron chi connectivity index (χ3n) is 4.45. The number of carbonyl (C=O) groups is 1. The Morgan fingerprint density at radius 1 is 1.25 bits per heavy atom. The van der Waals surface area contributed by atoms with Crippen LogP contribution in [0.1, 0.15) is 42.4 Å². The first-order valence-corrected chi connectivity index (χ1v) is 7.56. The second kappa shape index (κ2) is 6.89. The van der Waals surface area contributed by atoms with Gasteiger partial charge in [-0.2, -0.15) is 0 Å². The summed E-state index contributed by atoms with van der Waals surface area (Å²) in [6.07, 6.45) is 3.75. The molecule has 3 nitrogen and oxygen atoms in total. The largest absolute Gasteiger partial charge is 0.481 e. The molecule has 0 aromatic heterocycles. The Hall–Kier alpha value is -1.35. The topological polar surface area (TPSA) is 49.3 Å². The lowest BCUT2D eigenvalue weighted by Gasteiger charge is -2.26. The van der Waals surface area contributed by atoms with Gasteiger partial charge in [0.1, 0.15) is 0 Å². The molecule has 0 amide bonds. The fourth-order valence-electron chi connectivity index (χ4n) is 3.02. The fraction of sp³-hybridized carbons (Fsp3) is 0.588. The van der Waals surface area contributed by atoms with Crippen molar-refractivity contribution in [2.24, 2.45) is 11.8 Å². The van der Waals surface area contributed by atoms with Crippen molar-refractivity contribution in [2.75, 3.05) is 6.54 Å². The number of carboxylic acid groups (broad SMARTS) is 1. The van der Waals surface area contributed by atoms with Gasteiger partial charge in [-0.05, 0) is 63.1 Å². The summed E-state index contributed by atoms with van der Waals surface area (Å²) in [6.45, 7) is 6.18. The van der Waals surface area contributed by atoms with Gasteiger partial charge in [-0.15, -0.1) is 0 Å². The minimum Gasteiger partial charge on any atom is -0.481 e. The molecule has 0 saturated heterocycles. The third kappa shape index (κ3) is 4.07. The van der Waals surface area contributed by atoms with E-state index in [0.717, 1.165) is 38.8 Å². The van der Waals surface area contributed by atoms with Crippen molar-refractivity contribution < 1.29 is 9.90 Å². The van der Waals surface area contributed by atoms with Gasteiger partial charge in [-0.1, -0.05) is 23.8 Å². The number of rotatable bonds is 5. The minimum absolute atomic E-state index is 0.106. The number of hydrogen-bond donors (Lipinski definition) is 2. The molecule has 0 spiro atoms. The van der Waals surface area contributed by atoms with Crippen LogP contribution in [0.2, 0.25) is 0 Å². The van der Waals surface area contributed by atoms with Crippen LogP contribution in [0.3, 0.4) is 0 Å². The van der Waals surface area contributed by atoms with Crippen molar-refractivity contribution in [3.63, 3.8) is 0 Å². The van der Waals surface area contributed by atoms with E-state index in [1.54, 1.807) is 0 Å². The van der Waals surface area contributed by atoms with Crippen LogP contribution >= 0.6 is 0 Å². The molecule has 0 heterocycles. The van der Waals surface area contributed by atoms with Crippen LogP contribution in [-0.4, -0.2) is 17.6 Å². The van der Waals surface area contributed by atoms with Crippen LogP contribution in [0.25, 0.3) is 0 Å². The van der Waals surface area contributed by atoms with Crippen LogP contribution in [0.15, 0.2) is 18.2 Å². The van der Waals surface area contributed by atoms with Gasteiger partial charge in [0.05, 0.1) is 5.92 Å². The maximum atomic E-state index is 10.9. The summed E-state index contributed by atoms with van der Waals surface area (Å²) >= 11 is 0. The van der Waals surface area contributed by atoms with E-state index in [2.05, 4.69) is 37.4 Å². The van der Waals surface area contributed by atoms with E-state index in [9.17, 15) is 4.79 Å². The Balaban J connectivity index is 1.74. The quantitative estimate of drug-likeness (QED) is 0.867. The summed E-state index contributed by atoms with van der Waals surface area (Å²) in [5.41, 5.74) is 4.00. The lowest BCUT2D eigenvalue weighted by molar-refractivity contribution is -0.143. The van der Waals surface area contributed by atoms with E-state index in [1.165, 1.54) is 16.7 Å². The molecule has 3 heteroatoms. The lowest BCUT2D eigenvalue weighted by atomic mass is 9.82. The second-order valence-electron chi connectivity index (χ2n) is 6.12. The summed E-state index contributed by atoms with van der Waals surface area (Å²) in [7, 11) is 0. The van der Waals surface area contributed by atoms with Crippen LogP contribution in [0.4, 0.5) is 0 Å². The molecular weight excluding hydrogens is 250 g/mol. The van der Waals surface area contributed by atoms with Gasteiger partial charge in [0, 0.05) is 6.54 Å². The smallest absolute Gasteiger partial charge is 0.306 e. The first-order valence-electron chi connectivity index (χ1n) is 7.56. The van der Waals surface area contributed by atoms with Gasteiger partial charge in [0.2, 0.25) is 0 Å². The SMILES string of the molecule is Cc1ccc(C)c(CNCC2CCC(C(=O)O)CC2)c1. The molecule has 20 heavy (non-hydrogen) atoms. The van der Waals surface area contributed by atoms with Crippen molar-refractivity contribution in [3.8, 4) is 0 Å². The molecule has 110 valence electrons. The summed E-state index contributed by atoms with van der Waals surface area (Å²) < 4.78 is 0. The summed E-state index contributed by atoms with van der Waals surface area (Å²) in [4.78, 5) is 10.9. The third-order valence-corrected chi connectivity index (χ3v) is 4.45. The number of benzene rings is 1. The fourth-order valence-corrected chi connectivity index (χ4v) is 3.02. The normalized spacial score (nSPS) is 22.7. The highest BCUT2D eigenvalue weighted by atomic mass is 16.4. The van der Waals surface area contributed by atoms with Gasteiger partial charge in [0.25, 0.3) is 0 Å². The van der Waals surface area contributed by atoms with Crippen molar-refractivity contribution in [2.45, 2.75) is 46.1 Å². The molecule has 1 aromatic rings. The molecule has 0 atom stereocenters. The van der Waals surface area contributed by atoms with Crippen molar-refractivity contribution in [1.29, 1.82) is 0 Å². The maximum Gasteiger partial charge on any atom is 0.306 e. The highest BCUT2D eigenvalue weighted by Gasteiger charge is 2.25. The highest BCUT2D eigenvalue weighted by molar-refractivity contribution is 5.69. The molecule has 1 aliphatic rings. The number of aryl methyl sites for hydroxylation is 2. The average Bonchev–Trinajstić information content (AvgIpc) is 2.43. The van der Waals surface area contributed by atoms with Gasteiger partial charge in [-0.25, -0.2) is 0 Å². The molecular formula is C17H25NO2. The first-order chi connectivity index (χ1) is 9.56. The van der Waals surface area contributed by atoms with E-state index < -0.39 is 5.97 Å².